The van der Waals surface area contributed by atoms with Crippen LogP contribution >= 0.6 is 0 Å². The maximum atomic E-state index is 12.2. The predicted molar refractivity (Wildman–Crippen MR) is 86.4 cm³/mol. The predicted octanol–water partition coefficient (Wildman–Crippen LogP) is 0.302. The summed E-state index contributed by atoms with van der Waals surface area (Å²) in [6, 6.07) is 7.25. The Hall–Kier alpha value is -1.44. The van der Waals surface area contributed by atoms with E-state index in [0.717, 1.165) is 18.7 Å². The van der Waals surface area contributed by atoms with Gasteiger partial charge in [0.05, 0.1) is 5.75 Å². The summed E-state index contributed by atoms with van der Waals surface area (Å²) in [5.74, 6) is -0.291. The summed E-state index contributed by atoms with van der Waals surface area (Å²) in [5, 5.41) is 2.69. The molecule has 1 aliphatic heterocycles. The van der Waals surface area contributed by atoms with E-state index in [9.17, 15) is 13.2 Å². The molecule has 7 heteroatoms. The Morgan fingerprint density at radius 3 is 2.45 bits per heavy atom. The first kappa shape index (κ1) is 16.9. The van der Waals surface area contributed by atoms with Crippen LogP contribution in [-0.4, -0.2) is 69.1 Å². The molecule has 1 aromatic carbocycles. The molecule has 1 N–H and O–H groups in total. The minimum atomic E-state index is -3.30. The minimum absolute atomic E-state index is 0.0612. The molecule has 1 aliphatic rings. The van der Waals surface area contributed by atoms with Crippen LogP contribution in [0.3, 0.4) is 0 Å². The fourth-order valence-electron chi connectivity index (χ4n) is 2.41. The van der Waals surface area contributed by atoms with Crippen molar-refractivity contribution >= 4 is 15.9 Å². The van der Waals surface area contributed by atoms with Gasteiger partial charge in [0, 0.05) is 38.3 Å². The molecule has 22 heavy (non-hydrogen) atoms. The molecule has 1 fully saturated rings. The van der Waals surface area contributed by atoms with Crippen molar-refractivity contribution < 1.29 is 13.2 Å². The Kier molecular flexibility index (Phi) is 5.55. The monoisotopic (exact) mass is 325 g/mol. The summed E-state index contributed by atoms with van der Waals surface area (Å²) in [6.45, 7) is 4.51. The Morgan fingerprint density at radius 1 is 1.18 bits per heavy atom. The minimum Gasteiger partial charge on any atom is -0.351 e. The molecule has 1 amide bonds. The van der Waals surface area contributed by atoms with E-state index < -0.39 is 10.0 Å². The summed E-state index contributed by atoms with van der Waals surface area (Å²) in [4.78, 5) is 14.1. The number of hydrogen-bond donors (Lipinski definition) is 1. The van der Waals surface area contributed by atoms with Gasteiger partial charge in [-0.25, -0.2) is 8.42 Å². The van der Waals surface area contributed by atoms with Crippen LogP contribution in [0, 0.1) is 6.92 Å². The number of aryl methyl sites for hydroxylation is 1. The number of nitrogens with zero attached hydrogens (tertiary/aromatic N) is 2. The van der Waals surface area contributed by atoms with Gasteiger partial charge in [0.2, 0.25) is 10.0 Å². The number of piperazine rings is 1. The van der Waals surface area contributed by atoms with E-state index in [1.165, 1.54) is 4.31 Å². The lowest BCUT2D eigenvalue weighted by molar-refractivity contribution is 0.0955. The van der Waals surface area contributed by atoms with Gasteiger partial charge in [-0.15, -0.1) is 0 Å². The second-order valence-electron chi connectivity index (χ2n) is 5.59. The molecule has 0 unspecified atom stereocenters. The lowest BCUT2D eigenvalue weighted by Gasteiger charge is -2.31. The highest BCUT2D eigenvalue weighted by Gasteiger charge is 2.25. The van der Waals surface area contributed by atoms with Gasteiger partial charge < -0.3 is 10.2 Å². The Balaban J connectivity index is 1.85. The van der Waals surface area contributed by atoms with Crippen LogP contribution in [0.2, 0.25) is 0 Å². The van der Waals surface area contributed by atoms with Crippen molar-refractivity contribution in [2.75, 3.05) is 45.5 Å². The number of hydrogen-bond acceptors (Lipinski definition) is 4. The van der Waals surface area contributed by atoms with Gasteiger partial charge in [-0.05, 0) is 25.6 Å². The van der Waals surface area contributed by atoms with Gasteiger partial charge in [-0.2, -0.15) is 4.31 Å². The molecule has 122 valence electrons. The lowest BCUT2D eigenvalue weighted by Crippen LogP contribution is -2.48. The van der Waals surface area contributed by atoms with Crippen LogP contribution in [0.4, 0.5) is 0 Å². The van der Waals surface area contributed by atoms with Gasteiger partial charge in [0.25, 0.3) is 5.91 Å². The molecule has 0 radical (unpaired) electrons. The van der Waals surface area contributed by atoms with Gasteiger partial charge in [0.1, 0.15) is 0 Å². The largest absolute Gasteiger partial charge is 0.351 e. The zero-order valence-corrected chi connectivity index (χ0v) is 13.9. The van der Waals surface area contributed by atoms with Gasteiger partial charge in [0.15, 0.2) is 0 Å². The molecular formula is C15H23N3O3S. The molecule has 1 saturated heterocycles. The molecule has 0 spiro atoms. The number of carbonyl (C=O) groups is 1. The Bertz CT molecular complexity index is 623. The van der Waals surface area contributed by atoms with Crippen LogP contribution in [-0.2, 0) is 10.0 Å². The van der Waals surface area contributed by atoms with E-state index >= 15 is 0 Å². The summed E-state index contributed by atoms with van der Waals surface area (Å²) in [6.07, 6.45) is 0. The second kappa shape index (κ2) is 7.21. The number of nitrogens with one attached hydrogen (secondary N) is 1. The maximum Gasteiger partial charge on any atom is 0.251 e. The number of benzene rings is 1. The van der Waals surface area contributed by atoms with Crippen molar-refractivity contribution in [2.24, 2.45) is 0 Å². The molecule has 2 rings (SSSR count). The third-order valence-corrected chi connectivity index (χ3v) is 5.76. The molecule has 0 aromatic heterocycles. The maximum absolute atomic E-state index is 12.2. The van der Waals surface area contributed by atoms with Gasteiger partial charge >= 0.3 is 0 Å². The van der Waals surface area contributed by atoms with Crippen molar-refractivity contribution in [1.82, 2.24) is 14.5 Å². The SMILES string of the molecule is Cc1ccccc1C(=O)NCCS(=O)(=O)N1CCN(C)CC1. The van der Waals surface area contributed by atoms with Crippen molar-refractivity contribution in [3.63, 3.8) is 0 Å². The van der Waals surface area contributed by atoms with E-state index in [1.807, 2.05) is 26.1 Å². The van der Waals surface area contributed by atoms with Crippen molar-refractivity contribution in [3.05, 3.63) is 35.4 Å². The average Bonchev–Trinajstić information content (AvgIpc) is 2.48. The molecule has 1 heterocycles. The molecule has 0 aliphatic carbocycles. The van der Waals surface area contributed by atoms with Crippen LogP contribution in [0.25, 0.3) is 0 Å². The first-order valence-electron chi connectivity index (χ1n) is 7.40. The first-order chi connectivity index (χ1) is 10.4. The zero-order valence-electron chi connectivity index (χ0n) is 13.1. The molecule has 6 nitrogen and oxygen atoms in total. The van der Waals surface area contributed by atoms with Crippen LogP contribution in [0.1, 0.15) is 15.9 Å². The number of sulfonamides is 1. The Morgan fingerprint density at radius 2 is 1.82 bits per heavy atom. The fraction of sp³-hybridized carbons (Fsp3) is 0.533. The van der Waals surface area contributed by atoms with Crippen molar-refractivity contribution in [1.29, 1.82) is 0 Å². The molecule has 0 saturated carbocycles. The molecule has 0 bridgehead atoms. The zero-order chi connectivity index (χ0) is 16.2. The standard InChI is InChI=1S/C15H23N3O3S/c1-13-5-3-4-6-14(13)15(19)16-7-12-22(20,21)18-10-8-17(2)9-11-18/h3-6H,7-12H2,1-2H3,(H,16,19). The fourth-order valence-corrected chi connectivity index (χ4v) is 3.75. The molecule has 0 atom stereocenters. The molecule has 1 aromatic rings. The number of rotatable bonds is 5. The van der Waals surface area contributed by atoms with Crippen molar-refractivity contribution in [2.45, 2.75) is 6.92 Å². The Labute approximate surface area is 132 Å². The summed E-state index contributed by atoms with van der Waals surface area (Å²) in [5.41, 5.74) is 1.46. The number of carbonyl (C=O) groups excluding carboxylic acids is 1. The summed E-state index contributed by atoms with van der Waals surface area (Å²) in [7, 11) is -1.32. The van der Waals surface area contributed by atoms with Crippen LogP contribution < -0.4 is 5.32 Å². The topological polar surface area (TPSA) is 69.7 Å². The summed E-state index contributed by atoms with van der Waals surface area (Å²) >= 11 is 0. The van der Waals surface area contributed by atoms with Crippen molar-refractivity contribution in [3.8, 4) is 0 Å². The number of amides is 1. The van der Waals surface area contributed by atoms with Gasteiger partial charge in [-0.3, -0.25) is 4.79 Å². The van der Waals surface area contributed by atoms with Crippen LogP contribution in [0.5, 0.6) is 0 Å². The highest BCUT2D eigenvalue weighted by atomic mass is 32.2. The lowest BCUT2D eigenvalue weighted by atomic mass is 10.1. The third-order valence-electron chi connectivity index (χ3n) is 3.89. The van der Waals surface area contributed by atoms with E-state index in [1.54, 1.807) is 12.1 Å². The number of likely N-dealkylation sites (N-methyl/N-ethyl adjacent to an activating group) is 1. The van der Waals surface area contributed by atoms with E-state index in [2.05, 4.69) is 10.2 Å². The van der Waals surface area contributed by atoms with E-state index in [4.69, 9.17) is 0 Å². The third kappa shape index (κ3) is 4.28. The highest BCUT2D eigenvalue weighted by Crippen LogP contribution is 2.08. The normalized spacial score (nSPS) is 17.4. The quantitative estimate of drug-likeness (QED) is 0.845. The average molecular weight is 325 g/mol. The highest BCUT2D eigenvalue weighted by molar-refractivity contribution is 7.89. The second-order valence-corrected chi connectivity index (χ2v) is 7.68. The molecular weight excluding hydrogens is 302 g/mol. The smallest absolute Gasteiger partial charge is 0.251 e. The summed E-state index contributed by atoms with van der Waals surface area (Å²) < 4.78 is 26.0. The van der Waals surface area contributed by atoms with E-state index in [-0.39, 0.29) is 18.2 Å². The van der Waals surface area contributed by atoms with E-state index in [0.29, 0.717) is 18.7 Å². The van der Waals surface area contributed by atoms with Gasteiger partial charge in [-0.1, -0.05) is 18.2 Å². The first-order valence-corrected chi connectivity index (χ1v) is 9.01. The van der Waals surface area contributed by atoms with Crippen LogP contribution in [0.15, 0.2) is 24.3 Å².